The highest BCUT2D eigenvalue weighted by molar-refractivity contribution is 6.35. The number of aryl methyl sites for hydroxylation is 1. The maximum absolute atomic E-state index is 6.11. The van der Waals surface area contributed by atoms with Gasteiger partial charge in [0.2, 0.25) is 0 Å². The Bertz CT molecular complexity index is 522. The third kappa shape index (κ3) is 3.00. The molecule has 0 bridgehead atoms. The molecule has 2 rings (SSSR count). The van der Waals surface area contributed by atoms with Crippen molar-refractivity contribution in [3.63, 3.8) is 0 Å². The Kier molecular flexibility index (Phi) is 3.72. The van der Waals surface area contributed by atoms with E-state index in [4.69, 9.17) is 28.9 Å². The van der Waals surface area contributed by atoms with Crippen molar-refractivity contribution in [2.45, 2.75) is 12.5 Å². The molecule has 0 amide bonds. The van der Waals surface area contributed by atoms with E-state index < -0.39 is 0 Å². The highest BCUT2D eigenvalue weighted by Gasteiger charge is 2.11. The van der Waals surface area contributed by atoms with Crippen LogP contribution in [0.4, 0.5) is 0 Å². The normalized spacial score (nSPS) is 12.7. The topological polar surface area (TPSA) is 43.8 Å². The monoisotopic (exact) mass is 269 g/mol. The molecule has 5 heteroatoms. The third-order valence-corrected chi connectivity index (χ3v) is 3.19. The number of nitrogens with zero attached hydrogens (tertiary/aromatic N) is 2. The molecule has 1 atom stereocenters. The Morgan fingerprint density at radius 1 is 1.41 bits per heavy atom. The Morgan fingerprint density at radius 3 is 2.76 bits per heavy atom. The zero-order valence-electron chi connectivity index (χ0n) is 9.40. The molecule has 2 aromatic rings. The summed E-state index contributed by atoms with van der Waals surface area (Å²) in [6.45, 7) is 0. The fourth-order valence-corrected chi connectivity index (χ4v) is 2.16. The van der Waals surface area contributed by atoms with E-state index in [0.717, 1.165) is 11.1 Å². The first-order chi connectivity index (χ1) is 8.06. The number of nitrogens with two attached hydrogens (primary N) is 1. The zero-order valence-corrected chi connectivity index (χ0v) is 10.9. The summed E-state index contributed by atoms with van der Waals surface area (Å²) < 4.78 is 1.73. The first-order valence-corrected chi connectivity index (χ1v) is 6.00. The highest BCUT2D eigenvalue weighted by atomic mass is 35.5. The Hall–Kier alpha value is -1.03. The van der Waals surface area contributed by atoms with Gasteiger partial charge in [0.1, 0.15) is 0 Å². The van der Waals surface area contributed by atoms with Crippen molar-refractivity contribution < 1.29 is 0 Å². The van der Waals surface area contributed by atoms with Gasteiger partial charge in [0, 0.05) is 34.9 Å². The minimum atomic E-state index is -0.109. The van der Waals surface area contributed by atoms with E-state index in [-0.39, 0.29) is 6.04 Å². The van der Waals surface area contributed by atoms with E-state index >= 15 is 0 Å². The first kappa shape index (κ1) is 12.4. The molecule has 0 saturated heterocycles. The molecule has 90 valence electrons. The van der Waals surface area contributed by atoms with Gasteiger partial charge >= 0.3 is 0 Å². The summed E-state index contributed by atoms with van der Waals surface area (Å²) in [4.78, 5) is 0. The summed E-state index contributed by atoms with van der Waals surface area (Å²) in [7, 11) is 1.87. The summed E-state index contributed by atoms with van der Waals surface area (Å²) in [5.41, 5.74) is 8.09. The lowest BCUT2D eigenvalue weighted by atomic mass is 10.0. The quantitative estimate of drug-likeness (QED) is 0.931. The van der Waals surface area contributed by atoms with Gasteiger partial charge in [-0.25, -0.2) is 0 Å². The van der Waals surface area contributed by atoms with Crippen LogP contribution in [0.15, 0.2) is 30.6 Å². The van der Waals surface area contributed by atoms with Gasteiger partial charge in [0.05, 0.1) is 6.20 Å². The molecule has 0 aliphatic heterocycles. The fourth-order valence-electron chi connectivity index (χ4n) is 1.67. The largest absolute Gasteiger partial charge is 0.324 e. The molecule has 0 aliphatic carbocycles. The van der Waals surface area contributed by atoms with Crippen LogP contribution < -0.4 is 5.73 Å². The SMILES string of the molecule is Cn1cc(C(N)Cc2ccc(Cl)cc2Cl)cn1. The number of hydrogen-bond donors (Lipinski definition) is 1. The number of halogens is 2. The molecule has 17 heavy (non-hydrogen) atoms. The maximum atomic E-state index is 6.11. The van der Waals surface area contributed by atoms with Gasteiger partial charge in [0.15, 0.2) is 0 Å². The van der Waals surface area contributed by atoms with E-state index in [9.17, 15) is 0 Å². The molecule has 1 heterocycles. The van der Waals surface area contributed by atoms with E-state index in [0.29, 0.717) is 16.5 Å². The molecule has 1 aromatic heterocycles. The zero-order chi connectivity index (χ0) is 12.4. The van der Waals surface area contributed by atoms with Crippen molar-refractivity contribution >= 4 is 23.2 Å². The van der Waals surface area contributed by atoms with E-state index in [1.807, 2.05) is 25.4 Å². The van der Waals surface area contributed by atoms with Gasteiger partial charge in [-0.05, 0) is 24.1 Å². The van der Waals surface area contributed by atoms with E-state index in [1.165, 1.54) is 0 Å². The van der Waals surface area contributed by atoms with Crippen LogP contribution in [0.5, 0.6) is 0 Å². The van der Waals surface area contributed by atoms with Gasteiger partial charge in [-0.1, -0.05) is 29.3 Å². The lowest BCUT2D eigenvalue weighted by Gasteiger charge is -2.11. The van der Waals surface area contributed by atoms with Gasteiger partial charge in [-0.15, -0.1) is 0 Å². The average molecular weight is 270 g/mol. The second-order valence-corrected chi connectivity index (χ2v) is 4.84. The summed E-state index contributed by atoms with van der Waals surface area (Å²) >= 11 is 12.0. The number of aromatic nitrogens is 2. The van der Waals surface area contributed by atoms with Crippen molar-refractivity contribution in [3.05, 3.63) is 51.8 Å². The molecular weight excluding hydrogens is 257 g/mol. The van der Waals surface area contributed by atoms with E-state index in [1.54, 1.807) is 16.9 Å². The third-order valence-electron chi connectivity index (χ3n) is 2.61. The summed E-state index contributed by atoms with van der Waals surface area (Å²) in [5.74, 6) is 0. The van der Waals surface area contributed by atoms with Gasteiger partial charge < -0.3 is 5.73 Å². The number of rotatable bonds is 3. The minimum Gasteiger partial charge on any atom is -0.324 e. The van der Waals surface area contributed by atoms with Crippen molar-refractivity contribution in [2.75, 3.05) is 0 Å². The Labute approximate surface area is 110 Å². The number of benzene rings is 1. The lowest BCUT2D eigenvalue weighted by molar-refractivity contribution is 0.717. The molecule has 1 aromatic carbocycles. The van der Waals surface area contributed by atoms with Gasteiger partial charge in [0.25, 0.3) is 0 Å². The standard InChI is InChI=1S/C12H13Cl2N3/c1-17-7-9(6-16-17)12(15)4-8-2-3-10(13)5-11(8)14/h2-3,5-7,12H,4,15H2,1H3. The maximum Gasteiger partial charge on any atom is 0.0537 e. The van der Waals surface area contributed by atoms with Crippen molar-refractivity contribution in [3.8, 4) is 0 Å². The van der Waals surface area contributed by atoms with Crippen molar-refractivity contribution in [1.29, 1.82) is 0 Å². The minimum absolute atomic E-state index is 0.109. The summed E-state index contributed by atoms with van der Waals surface area (Å²) in [6, 6.07) is 5.34. The van der Waals surface area contributed by atoms with Crippen LogP contribution in [-0.2, 0) is 13.5 Å². The van der Waals surface area contributed by atoms with Crippen LogP contribution in [0.25, 0.3) is 0 Å². The molecule has 2 N–H and O–H groups in total. The lowest BCUT2D eigenvalue weighted by Crippen LogP contribution is -2.12. The van der Waals surface area contributed by atoms with Crippen LogP contribution >= 0.6 is 23.2 Å². The van der Waals surface area contributed by atoms with Crippen LogP contribution in [-0.4, -0.2) is 9.78 Å². The summed E-state index contributed by atoms with van der Waals surface area (Å²) in [5, 5.41) is 5.38. The van der Waals surface area contributed by atoms with Crippen molar-refractivity contribution in [1.82, 2.24) is 9.78 Å². The smallest absolute Gasteiger partial charge is 0.0537 e. The Morgan fingerprint density at radius 2 is 2.18 bits per heavy atom. The second-order valence-electron chi connectivity index (χ2n) is 3.99. The predicted molar refractivity (Wildman–Crippen MR) is 70.3 cm³/mol. The molecule has 0 fully saturated rings. The summed E-state index contributed by atoms with van der Waals surface area (Å²) in [6.07, 6.45) is 4.35. The van der Waals surface area contributed by atoms with Gasteiger partial charge in [-0.3, -0.25) is 4.68 Å². The molecule has 0 radical (unpaired) electrons. The highest BCUT2D eigenvalue weighted by Crippen LogP contribution is 2.24. The molecule has 1 unspecified atom stereocenters. The molecule has 0 saturated carbocycles. The second kappa shape index (κ2) is 5.08. The van der Waals surface area contributed by atoms with Crippen molar-refractivity contribution in [2.24, 2.45) is 12.8 Å². The van der Waals surface area contributed by atoms with E-state index in [2.05, 4.69) is 5.10 Å². The number of hydrogen-bond acceptors (Lipinski definition) is 2. The van der Waals surface area contributed by atoms with Gasteiger partial charge in [-0.2, -0.15) is 5.10 Å². The predicted octanol–water partition coefficient (Wildman–Crippen LogP) is 2.97. The molecular formula is C12H13Cl2N3. The fraction of sp³-hybridized carbons (Fsp3) is 0.250. The van der Waals surface area contributed by atoms with Crippen LogP contribution in [0.3, 0.4) is 0 Å². The molecule has 0 spiro atoms. The average Bonchev–Trinajstić information content (AvgIpc) is 2.69. The first-order valence-electron chi connectivity index (χ1n) is 5.24. The molecule has 3 nitrogen and oxygen atoms in total. The van der Waals surface area contributed by atoms with Crippen LogP contribution in [0.2, 0.25) is 10.0 Å². The van der Waals surface area contributed by atoms with Crippen LogP contribution in [0, 0.1) is 0 Å². The molecule has 0 aliphatic rings. The van der Waals surface area contributed by atoms with Crippen LogP contribution in [0.1, 0.15) is 17.2 Å². The Balaban J connectivity index is 2.15.